The molecule has 2 aromatic carbocycles. The van der Waals surface area contributed by atoms with E-state index in [1.54, 1.807) is 12.3 Å². The number of ether oxygens (including phenoxy) is 1. The zero-order valence-electron chi connectivity index (χ0n) is 18.3. The largest absolute Gasteiger partial charge is 0.468 e. The van der Waals surface area contributed by atoms with Gasteiger partial charge in [0.25, 0.3) is 0 Å². The van der Waals surface area contributed by atoms with Gasteiger partial charge in [-0.2, -0.15) is 0 Å². The summed E-state index contributed by atoms with van der Waals surface area (Å²) in [7, 11) is 0. The molecular weight excluding hydrogens is 404 g/mol. The van der Waals surface area contributed by atoms with Crippen LogP contribution in [0.3, 0.4) is 0 Å². The van der Waals surface area contributed by atoms with Crippen LogP contribution in [0.2, 0.25) is 0 Å². The number of nitrogens with one attached hydrogen (secondary N) is 2. The maximum Gasteiger partial charge on any atom is 0.324 e. The number of carbonyl (C=O) groups excluding carboxylic acids is 2. The van der Waals surface area contributed by atoms with Gasteiger partial charge >= 0.3 is 5.97 Å². The highest BCUT2D eigenvalue weighted by molar-refractivity contribution is 6.09. The second-order valence-electron chi connectivity index (χ2n) is 9.38. The standard InChI is InChI=1S/C26H26N2O4/c1-25(2,3)32-23(29)21-20(16-10-5-4-6-11-16)26(22(28-21)19-14-9-15-31-19)17-12-7-8-13-18(17)27-24(26)30/h4-15,20-22,28H,1-3H3,(H,27,30)/t20-,21+,22-,26-/m1/s1. The molecule has 2 aliphatic rings. The maximum absolute atomic E-state index is 13.9. The van der Waals surface area contributed by atoms with E-state index < -0.39 is 35.0 Å². The lowest BCUT2D eigenvalue weighted by Crippen LogP contribution is -2.44. The van der Waals surface area contributed by atoms with Crippen LogP contribution in [0.5, 0.6) is 0 Å². The van der Waals surface area contributed by atoms with Crippen molar-refractivity contribution in [1.29, 1.82) is 0 Å². The van der Waals surface area contributed by atoms with Crippen LogP contribution in [-0.2, 0) is 19.7 Å². The number of furan rings is 1. The summed E-state index contributed by atoms with van der Waals surface area (Å²) in [5.74, 6) is -0.453. The van der Waals surface area contributed by atoms with E-state index in [-0.39, 0.29) is 5.91 Å². The van der Waals surface area contributed by atoms with E-state index >= 15 is 0 Å². The fourth-order valence-corrected chi connectivity index (χ4v) is 5.19. The summed E-state index contributed by atoms with van der Waals surface area (Å²) in [5, 5.41) is 6.50. The summed E-state index contributed by atoms with van der Waals surface area (Å²) >= 11 is 0. The number of esters is 1. The Balaban J connectivity index is 1.76. The number of hydrogen-bond donors (Lipinski definition) is 2. The summed E-state index contributed by atoms with van der Waals surface area (Å²) in [5.41, 5.74) is 0.737. The molecule has 3 heterocycles. The molecule has 1 saturated heterocycles. The van der Waals surface area contributed by atoms with Gasteiger partial charge in [0, 0.05) is 11.6 Å². The van der Waals surface area contributed by atoms with Crippen LogP contribution < -0.4 is 10.6 Å². The van der Waals surface area contributed by atoms with Crippen LogP contribution in [0, 0.1) is 0 Å². The Morgan fingerprint density at radius 3 is 2.41 bits per heavy atom. The average Bonchev–Trinajstić information content (AvgIpc) is 3.46. The normalized spacial score (nSPS) is 26.7. The Bertz CT molecular complexity index is 1150. The maximum atomic E-state index is 13.9. The molecule has 1 aromatic heterocycles. The first-order valence-electron chi connectivity index (χ1n) is 10.8. The first-order valence-corrected chi connectivity index (χ1v) is 10.8. The lowest BCUT2D eigenvalue weighted by atomic mass is 9.64. The molecule has 3 aromatic rings. The second kappa shape index (κ2) is 7.35. The van der Waals surface area contributed by atoms with Crippen LogP contribution in [-0.4, -0.2) is 23.5 Å². The Hall–Kier alpha value is -3.38. The average molecular weight is 431 g/mol. The molecule has 4 atom stereocenters. The minimum atomic E-state index is -1.09. The number of anilines is 1. The highest BCUT2D eigenvalue weighted by Crippen LogP contribution is 2.59. The minimum absolute atomic E-state index is 0.160. The van der Waals surface area contributed by atoms with Crippen LogP contribution in [0.15, 0.2) is 77.4 Å². The van der Waals surface area contributed by atoms with Gasteiger partial charge in [-0.05, 0) is 50.1 Å². The molecule has 0 saturated carbocycles. The van der Waals surface area contributed by atoms with Crippen molar-refractivity contribution in [1.82, 2.24) is 5.32 Å². The molecule has 0 unspecified atom stereocenters. The molecule has 0 aliphatic carbocycles. The summed E-state index contributed by atoms with van der Waals surface area (Å²) in [6, 6.07) is 19.7. The molecule has 2 N–H and O–H groups in total. The molecule has 5 rings (SSSR count). The van der Waals surface area contributed by atoms with Gasteiger partial charge < -0.3 is 14.5 Å². The second-order valence-corrected chi connectivity index (χ2v) is 9.38. The van der Waals surface area contributed by atoms with E-state index in [0.29, 0.717) is 5.76 Å². The van der Waals surface area contributed by atoms with E-state index in [9.17, 15) is 9.59 Å². The zero-order valence-corrected chi connectivity index (χ0v) is 18.3. The minimum Gasteiger partial charge on any atom is -0.468 e. The fourth-order valence-electron chi connectivity index (χ4n) is 5.19. The van der Waals surface area contributed by atoms with Crippen molar-refractivity contribution in [3.63, 3.8) is 0 Å². The summed E-state index contributed by atoms with van der Waals surface area (Å²) in [4.78, 5) is 27.3. The zero-order chi connectivity index (χ0) is 22.5. The Morgan fingerprint density at radius 1 is 1.00 bits per heavy atom. The van der Waals surface area contributed by atoms with E-state index in [1.807, 2.05) is 81.4 Å². The number of fused-ring (bicyclic) bond motifs is 2. The van der Waals surface area contributed by atoms with Crippen LogP contribution in [0.1, 0.15) is 49.6 Å². The summed E-state index contributed by atoms with van der Waals surface area (Å²) < 4.78 is 11.6. The van der Waals surface area contributed by atoms with Crippen molar-refractivity contribution in [3.05, 3.63) is 89.9 Å². The Kier molecular flexibility index (Phi) is 4.71. The molecule has 164 valence electrons. The third kappa shape index (κ3) is 3.06. The quantitative estimate of drug-likeness (QED) is 0.606. The Morgan fingerprint density at radius 2 is 1.72 bits per heavy atom. The summed E-state index contributed by atoms with van der Waals surface area (Å²) in [6.45, 7) is 5.53. The van der Waals surface area contributed by atoms with Crippen LogP contribution in [0.4, 0.5) is 5.69 Å². The van der Waals surface area contributed by atoms with Crippen molar-refractivity contribution in [2.24, 2.45) is 0 Å². The molecule has 0 bridgehead atoms. The van der Waals surface area contributed by atoms with Gasteiger partial charge in [-0.25, -0.2) is 0 Å². The molecule has 1 spiro atoms. The fraction of sp³-hybridized carbons (Fsp3) is 0.308. The van der Waals surface area contributed by atoms with Gasteiger partial charge in [0.2, 0.25) is 5.91 Å². The number of hydrogen-bond acceptors (Lipinski definition) is 5. The number of para-hydroxylation sites is 1. The van der Waals surface area contributed by atoms with Crippen molar-refractivity contribution in [2.75, 3.05) is 5.32 Å². The van der Waals surface area contributed by atoms with E-state index in [2.05, 4.69) is 10.6 Å². The highest BCUT2D eigenvalue weighted by atomic mass is 16.6. The van der Waals surface area contributed by atoms with Gasteiger partial charge in [-0.1, -0.05) is 48.5 Å². The third-order valence-corrected chi connectivity index (χ3v) is 6.27. The van der Waals surface area contributed by atoms with Gasteiger partial charge in [-0.3, -0.25) is 14.9 Å². The lowest BCUT2D eigenvalue weighted by molar-refractivity contribution is -0.157. The first-order chi connectivity index (χ1) is 15.3. The predicted octanol–water partition coefficient (Wildman–Crippen LogP) is 4.31. The van der Waals surface area contributed by atoms with E-state index in [0.717, 1.165) is 16.8 Å². The lowest BCUT2D eigenvalue weighted by Gasteiger charge is -2.34. The van der Waals surface area contributed by atoms with E-state index in [1.165, 1.54) is 0 Å². The number of carbonyl (C=O) groups is 2. The summed E-state index contributed by atoms with van der Waals surface area (Å²) in [6.07, 6.45) is 1.59. The number of benzene rings is 2. The van der Waals surface area contributed by atoms with Crippen LogP contribution >= 0.6 is 0 Å². The van der Waals surface area contributed by atoms with Crippen molar-refractivity contribution < 1.29 is 18.7 Å². The van der Waals surface area contributed by atoms with Crippen LogP contribution in [0.25, 0.3) is 0 Å². The molecule has 1 fully saturated rings. The topological polar surface area (TPSA) is 80.6 Å². The molecule has 0 radical (unpaired) electrons. The molecule has 32 heavy (non-hydrogen) atoms. The molecule has 2 aliphatic heterocycles. The van der Waals surface area contributed by atoms with Crippen molar-refractivity contribution in [2.45, 2.75) is 49.8 Å². The first kappa shape index (κ1) is 20.5. The van der Waals surface area contributed by atoms with Crippen molar-refractivity contribution >= 4 is 17.6 Å². The Labute approximate surface area is 187 Å². The van der Waals surface area contributed by atoms with Gasteiger partial charge in [0.15, 0.2) is 0 Å². The molecule has 6 heteroatoms. The van der Waals surface area contributed by atoms with Gasteiger partial charge in [0.05, 0.1) is 12.3 Å². The third-order valence-electron chi connectivity index (χ3n) is 6.27. The predicted molar refractivity (Wildman–Crippen MR) is 120 cm³/mol. The molecule has 1 amide bonds. The van der Waals surface area contributed by atoms with Gasteiger partial charge in [0.1, 0.15) is 22.8 Å². The monoisotopic (exact) mass is 430 g/mol. The van der Waals surface area contributed by atoms with Crippen molar-refractivity contribution in [3.8, 4) is 0 Å². The van der Waals surface area contributed by atoms with Gasteiger partial charge in [-0.15, -0.1) is 0 Å². The number of amides is 1. The molecule has 6 nitrogen and oxygen atoms in total. The highest BCUT2D eigenvalue weighted by Gasteiger charge is 2.67. The number of rotatable bonds is 3. The van der Waals surface area contributed by atoms with E-state index in [4.69, 9.17) is 9.15 Å². The molecular formula is C26H26N2O4. The SMILES string of the molecule is CC(C)(C)OC(=O)[C@H]1N[C@H](c2ccco2)[C@]2(C(=O)Nc3ccccc32)[C@@H]1c1ccccc1. The smallest absolute Gasteiger partial charge is 0.324 e.